The van der Waals surface area contributed by atoms with Crippen molar-refractivity contribution in [3.05, 3.63) is 33.9 Å². The van der Waals surface area contributed by atoms with E-state index >= 15 is 0 Å². The second-order valence-electron chi connectivity index (χ2n) is 6.58. The quantitative estimate of drug-likeness (QED) is 0.334. The third kappa shape index (κ3) is 7.48. The number of hydrogen-bond donors (Lipinski definition) is 2. The third-order valence-corrected chi connectivity index (χ3v) is 4.52. The molecule has 1 amide bonds. The molecule has 11 heteroatoms. The van der Waals surface area contributed by atoms with Gasteiger partial charge in [0, 0.05) is 32.2 Å². The molecule has 29 heavy (non-hydrogen) atoms. The highest BCUT2D eigenvalue weighted by Gasteiger charge is 2.26. The second-order valence-corrected chi connectivity index (χ2v) is 6.58. The molecule has 1 aromatic carbocycles. The first-order valence-corrected chi connectivity index (χ1v) is 9.11. The number of carbonyl (C=O) groups excluding carboxylic acids is 2. The van der Waals surface area contributed by atoms with Crippen molar-refractivity contribution in [1.82, 2.24) is 10.2 Å². The van der Waals surface area contributed by atoms with Gasteiger partial charge in [0.1, 0.15) is 0 Å². The highest BCUT2D eigenvalue weighted by molar-refractivity contribution is 5.85. The van der Waals surface area contributed by atoms with Gasteiger partial charge in [-0.1, -0.05) is 6.07 Å². The van der Waals surface area contributed by atoms with E-state index in [4.69, 9.17) is 10.5 Å². The molecule has 0 spiro atoms. The van der Waals surface area contributed by atoms with Crippen LogP contribution >= 0.6 is 12.4 Å². The van der Waals surface area contributed by atoms with Crippen LogP contribution in [0.1, 0.15) is 18.4 Å². The van der Waals surface area contributed by atoms with E-state index in [9.17, 15) is 19.7 Å². The van der Waals surface area contributed by atoms with Gasteiger partial charge in [-0.25, -0.2) is 4.79 Å². The highest BCUT2D eigenvalue weighted by atomic mass is 35.5. The zero-order valence-corrected chi connectivity index (χ0v) is 17.1. The Labute approximate surface area is 175 Å². The van der Waals surface area contributed by atoms with E-state index in [1.807, 2.05) is 0 Å². The number of piperidine rings is 1. The molecule has 1 aliphatic rings. The van der Waals surface area contributed by atoms with Crippen molar-refractivity contribution >= 4 is 30.0 Å². The largest absolute Gasteiger partial charge is 0.475 e. The number of amides is 1. The monoisotopic (exact) mass is 430 g/mol. The summed E-state index contributed by atoms with van der Waals surface area (Å²) >= 11 is 0. The molecule has 1 atom stereocenters. The molecular formula is C18H27ClN4O6. The molecular weight excluding hydrogens is 404 g/mol. The number of esters is 1. The minimum absolute atomic E-state index is 0. The lowest BCUT2D eigenvalue weighted by molar-refractivity contribution is -0.385. The number of rotatable bonds is 9. The Morgan fingerprint density at radius 1 is 1.41 bits per heavy atom. The van der Waals surface area contributed by atoms with Gasteiger partial charge in [0.05, 0.1) is 18.0 Å². The molecule has 2 rings (SSSR count). The minimum atomic E-state index is -0.620. The topological polar surface area (TPSA) is 137 Å². The summed E-state index contributed by atoms with van der Waals surface area (Å²) in [5.41, 5.74) is 5.94. The van der Waals surface area contributed by atoms with E-state index in [1.54, 1.807) is 6.07 Å². The van der Waals surface area contributed by atoms with Crippen molar-refractivity contribution in [2.24, 2.45) is 11.7 Å². The van der Waals surface area contributed by atoms with Crippen LogP contribution < -0.4 is 15.8 Å². The van der Waals surface area contributed by atoms with Gasteiger partial charge in [-0.15, -0.1) is 12.4 Å². The van der Waals surface area contributed by atoms with Crippen LogP contribution in [0.15, 0.2) is 18.2 Å². The van der Waals surface area contributed by atoms with E-state index in [0.29, 0.717) is 26.2 Å². The van der Waals surface area contributed by atoms with Crippen molar-refractivity contribution < 1.29 is 24.0 Å². The number of methoxy groups -OCH3 is 1. The molecule has 10 nitrogen and oxygen atoms in total. The van der Waals surface area contributed by atoms with Crippen molar-refractivity contribution in [1.29, 1.82) is 0 Å². The molecule has 1 aliphatic heterocycles. The summed E-state index contributed by atoms with van der Waals surface area (Å²) in [6.07, 6.45) is 1.69. The fourth-order valence-corrected chi connectivity index (χ4v) is 3.13. The van der Waals surface area contributed by atoms with E-state index in [2.05, 4.69) is 15.0 Å². The number of halogens is 1. The molecule has 0 radical (unpaired) electrons. The molecule has 0 bridgehead atoms. The van der Waals surface area contributed by atoms with Gasteiger partial charge >= 0.3 is 11.7 Å². The number of nitrogens with two attached hydrogens (primary N) is 1. The van der Waals surface area contributed by atoms with E-state index < -0.39 is 17.5 Å². The zero-order valence-electron chi connectivity index (χ0n) is 16.3. The Kier molecular flexibility index (Phi) is 10.4. The number of nitrogens with zero attached hydrogens (tertiary/aromatic N) is 2. The summed E-state index contributed by atoms with van der Waals surface area (Å²) in [6, 6.07) is 4.63. The van der Waals surface area contributed by atoms with Gasteiger partial charge in [-0.05, 0) is 31.0 Å². The van der Waals surface area contributed by atoms with Gasteiger partial charge in [0.15, 0.2) is 12.4 Å². The summed E-state index contributed by atoms with van der Waals surface area (Å²) in [5.74, 6) is -0.729. The fraction of sp³-hybridized carbons (Fsp3) is 0.556. The molecule has 1 saturated heterocycles. The van der Waals surface area contributed by atoms with Crippen molar-refractivity contribution in [3.63, 3.8) is 0 Å². The number of nitro groups is 1. The minimum Gasteiger partial charge on any atom is -0.475 e. The molecule has 3 N–H and O–H groups in total. The number of ether oxygens (including phenoxy) is 2. The summed E-state index contributed by atoms with van der Waals surface area (Å²) in [5, 5.41) is 14.2. The first-order chi connectivity index (χ1) is 13.4. The van der Waals surface area contributed by atoms with Gasteiger partial charge in [-0.2, -0.15) is 0 Å². The summed E-state index contributed by atoms with van der Waals surface area (Å²) < 4.78 is 9.66. The maximum Gasteiger partial charge on any atom is 0.343 e. The van der Waals surface area contributed by atoms with Crippen LogP contribution in [0.3, 0.4) is 0 Å². The molecule has 162 valence electrons. The standard InChI is InChI=1S/C18H26N4O6.ClH/c1-27-17(23)12-28-16-5-4-13(9-15(16)22(25)26)10-21-8-2-3-14(11-21)18(24)20-7-6-19;/h4-5,9,14H,2-3,6-8,10-12,19H2,1H3,(H,20,24);1H. The Hall–Kier alpha value is -2.43. The number of likely N-dealkylation sites (tertiary alicyclic amines) is 1. The fourth-order valence-electron chi connectivity index (χ4n) is 3.13. The summed E-state index contributed by atoms with van der Waals surface area (Å²) in [6.45, 7) is 2.34. The number of benzene rings is 1. The van der Waals surface area contributed by atoms with E-state index in [1.165, 1.54) is 19.2 Å². The Bertz CT molecular complexity index is 718. The number of nitro benzene ring substituents is 1. The van der Waals surface area contributed by atoms with Crippen LogP contribution in [-0.2, 0) is 20.9 Å². The van der Waals surface area contributed by atoms with Crippen molar-refractivity contribution in [2.45, 2.75) is 19.4 Å². The van der Waals surface area contributed by atoms with E-state index in [0.717, 1.165) is 24.9 Å². The zero-order chi connectivity index (χ0) is 20.5. The van der Waals surface area contributed by atoms with Crippen molar-refractivity contribution in [3.8, 4) is 5.75 Å². The maximum atomic E-state index is 12.2. The summed E-state index contributed by atoms with van der Waals surface area (Å²) in [4.78, 5) is 36.3. The number of nitrogens with one attached hydrogen (secondary N) is 1. The molecule has 0 saturated carbocycles. The maximum absolute atomic E-state index is 12.2. The first kappa shape index (κ1) is 24.6. The second kappa shape index (κ2) is 12.2. The number of hydrogen-bond acceptors (Lipinski definition) is 8. The van der Waals surface area contributed by atoms with Crippen molar-refractivity contribution in [2.75, 3.05) is 39.9 Å². The Morgan fingerprint density at radius 3 is 2.83 bits per heavy atom. The van der Waals surface area contributed by atoms with E-state index in [-0.39, 0.29) is 35.7 Å². The predicted molar refractivity (Wildman–Crippen MR) is 108 cm³/mol. The van der Waals surface area contributed by atoms with Crippen LogP contribution in [0.5, 0.6) is 5.75 Å². The molecule has 0 aromatic heterocycles. The Morgan fingerprint density at radius 2 is 2.17 bits per heavy atom. The normalized spacial score (nSPS) is 16.4. The van der Waals surface area contributed by atoms with Gasteiger partial charge in [-0.3, -0.25) is 19.8 Å². The molecule has 1 unspecified atom stereocenters. The average molecular weight is 431 g/mol. The smallest absolute Gasteiger partial charge is 0.343 e. The SMILES string of the molecule is COC(=O)COc1ccc(CN2CCCC(C(=O)NCCN)C2)cc1[N+](=O)[O-].Cl. The van der Waals surface area contributed by atoms with Crippen LogP contribution in [0.4, 0.5) is 5.69 Å². The third-order valence-electron chi connectivity index (χ3n) is 4.52. The van der Waals surface area contributed by atoms with Crippen LogP contribution in [-0.4, -0.2) is 61.6 Å². The van der Waals surface area contributed by atoms with Crippen LogP contribution in [0.2, 0.25) is 0 Å². The Balaban J connectivity index is 0.00000420. The highest BCUT2D eigenvalue weighted by Crippen LogP contribution is 2.29. The van der Waals surface area contributed by atoms with Crippen LogP contribution in [0, 0.1) is 16.0 Å². The van der Waals surface area contributed by atoms with Gasteiger partial charge in [0.2, 0.25) is 5.91 Å². The average Bonchev–Trinajstić information content (AvgIpc) is 2.70. The molecule has 1 aromatic rings. The molecule has 0 aliphatic carbocycles. The molecule has 1 fully saturated rings. The van der Waals surface area contributed by atoms with Gasteiger partial charge < -0.3 is 20.5 Å². The molecule has 1 heterocycles. The lowest BCUT2D eigenvalue weighted by Crippen LogP contribution is -2.43. The predicted octanol–water partition coefficient (Wildman–Crippen LogP) is 0.855. The van der Waals surface area contributed by atoms with Gasteiger partial charge in [0.25, 0.3) is 0 Å². The van der Waals surface area contributed by atoms with Crippen LogP contribution in [0.25, 0.3) is 0 Å². The summed E-state index contributed by atoms with van der Waals surface area (Å²) in [7, 11) is 1.21. The lowest BCUT2D eigenvalue weighted by Gasteiger charge is -2.32. The number of carbonyl (C=O) groups is 2. The lowest BCUT2D eigenvalue weighted by atomic mass is 9.96. The first-order valence-electron chi connectivity index (χ1n) is 9.11.